The molecule has 0 aliphatic heterocycles. The normalized spacial score (nSPS) is 9.30. The van der Waals surface area contributed by atoms with Gasteiger partial charge in [0.15, 0.2) is 0 Å². The van der Waals surface area contributed by atoms with E-state index in [2.05, 4.69) is 0 Å². The highest BCUT2D eigenvalue weighted by molar-refractivity contribution is 6.33. The molecule has 0 aliphatic carbocycles. The molecule has 0 heterocycles. The van der Waals surface area contributed by atoms with E-state index >= 15 is 0 Å². The molecule has 2 aromatic rings. The summed E-state index contributed by atoms with van der Waals surface area (Å²) in [4.78, 5) is 10.4. The standard InChI is InChI=1S/C7H6ClNO.C7H6FNO/c8-6-2-1-3-7(10)5(6)4-9;8-6-3-1-5(2-4-6)7(9)10/h1-4,9-10H;1-4H,(H2,9,10). The van der Waals surface area contributed by atoms with E-state index in [0.29, 0.717) is 16.1 Å². The van der Waals surface area contributed by atoms with Gasteiger partial charge in [-0.1, -0.05) is 17.7 Å². The van der Waals surface area contributed by atoms with E-state index in [0.717, 1.165) is 6.21 Å². The number of nitrogens with two attached hydrogens (primary N) is 1. The molecular weight excluding hydrogens is 283 g/mol. The lowest BCUT2D eigenvalue weighted by Crippen LogP contribution is -2.10. The molecule has 2 aromatic carbocycles. The minimum absolute atomic E-state index is 0.0440. The molecule has 1 amide bonds. The predicted octanol–water partition coefficient (Wildman–Crippen LogP) is 2.97. The SMILES string of the molecule is N=Cc1c(O)cccc1Cl.NC(=O)c1ccc(F)cc1. The van der Waals surface area contributed by atoms with Crippen molar-refractivity contribution < 1.29 is 14.3 Å². The minimum Gasteiger partial charge on any atom is -0.507 e. The fourth-order valence-electron chi connectivity index (χ4n) is 1.28. The smallest absolute Gasteiger partial charge is 0.248 e. The van der Waals surface area contributed by atoms with Crippen molar-refractivity contribution in [2.24, 2.45) is 5.73 Å². The minimum atomic E-state index is -0.542. The van der Waals surface area contributed by atoms with Gasteiger partial charge in [-0.2, -0.15) is 0 Å². The molecule has 0 fully saturated rings. The van der Waals surface area contributed by atoms with Crippen molar-refractivity contribution in [1.29, 1.82) is 5.41 Å². The van der Waals surface area contributed by atoms with Crippen LogP contribution in [0.25, 0.3) is 0 Å². The summed E-state index contributed by atoms with van der Waals surface area (Å²) in [6.45, 7) is 0. The molecule has 2 rings (SSSR count). The van der Waals surface area contributed by atoms with Gasteiger partial charge >= 0.3 is 0 Å². The third-order valence-electron chi connectivity index (χ3n) is 2.30. The number of phenolic OH excluding ortho intramolecular Hbond substituents is 1. The molecule has 0 radical (unpaired) electrons. The number of hydrogen-bond donors (Lipinski definition) is 3. The molecule has 4 N–H and O–H groups in total. The average Bonchev–Trinajstić information content (AvgIpc) is 2.40. The summed E-state index contributed by atoms with van der Waals surface area (Å²) in [6.07, 6.45) is 1.03. The second kappa shape index (κ2) is 7.25. The fourth-order valence-corrected chi connectivity index (χ4v) is 1.51. The van der Waals surface area contributed by atoms with Gasteiger partial charge < -0.3 is 16.2 Å². The van der Waals surface area contributed by atoms with E-state index in [1.807, 2.05) is 0 Å². The highest BCUT2D eigenvalue weighted by Crippen LogP contribution is 2.22. The molecule has 0 unspecified atom stereocenters. The number of rotatable bonds is 2. The van der Waals surface area contributed by atoms with Crippen LogP contribution in [0, 0.1) is 11.2 Å². The van der Waals surface area contributed by atoms with Crippen molar-refractivity contribution in [2.45, 2.75) is 0 Å². The number of carbonyl (C=O) groups is 1. The van der Waals surface area contributed by atoms with Gasteiger partial charge in [-0.05, 0) is 36.4 Å². The van der Waals surface area contributed by atoms with Crippen LogP contribution < -0.4 is 5.73 Å². The molecule has 0 saturated carbocycles. The van der Waals surface area contributed by atoms with Crippen LogP contribution >= 0.6 is 11.6 Å². The zero-order valence-corrected chi connectivity index (χ0v) is 11.1. The molecule has 0 saturated heterocycles. The predicted molar refractivity (Wildman–Crippen MR) is 75.9 cm³/mol. The van der Waals surface area contributed by atoms with Gasteiger partial charge in [0.1, 0.15) is 11.6 Å². The van der Waals surface area contributed by atoms with Crippen LogP contribution in [0.2, 0.25) is 5.02 Å². The number of halogens is 2. The van der Waals surface area contributed by atoms with Crippen molar-refractivity contribution in [2.75, 3.05) is 0 Å². The molecule has 20 heavy (non-hydrogen) atoms. The molecule has 0 atom stereocenters. The number of phenols is 1. The first-order valence-electron chi connectivity index (χ1n) is 5.49. The van der Waals surface area contributed by atoms with E-state index in [4.69, 9.17) is 27.9 Å². The first-order valence-corrected chi connectivity index (χ1v) is 5.87. The molecule has 104 valence electrons. The van der Waals surface area contributed by atoms with Gasteiger partial charge in [0.05, 0.1) is 10.6 Å². The zero-order valence-electron chi connectivity index (χ0n) is 10.3. The Morgan fingerprint density at radius 3 is 2.25 bits per heavy atom. The first kappa shape index (κ1) is 15.7. The maximum Gasteiger partial charge on any atom is 0.248 e. The average molecular weight is 295 g/mol. The molecule has 0 aliphatic rings. The summed E-state index contributed by atoms with van der Waals surface area (Å²) in [7, 11) is 0. The largest absolute Gasteiger partial charge is 0.507 e. The quantitative estimate of drug-likeness (QED) is 0.744. The number of benzene rings is 2. The Morgan fingerprint density at radius 1 is 1.25 bits per heavy atom. The summed E-state index contributed by atoms with van der Waals surface area (Å²) < 4.78 is 12.2. The van der Waals surface area contributed by atoms with Gasteiger partial charge in [-0.25, -0.2) is 4.39 Å². The molecule has 0 spiro atoms. The van der Waals surface area contributed by atoms with Crippen molar-refractivity contribution in [3.63, 3.8) is 0 Å². The summed E-state index contributed by atoms with van der Waals surface area (Å²) in [5.41, 5.74) is 5.59. The Hall–Kier alpha value is -2.40. The number of primary amides is 1. The second-order valence-corrected chi connectivity index (χ2v) is 4.10. The summed E-state index contributed by atoms with van der Waals surface area (Å²) >= 11 is 5.62. The molecule has 0 bridgehead atoms. The van der Waals surface area contributed by atoms with Crippen molar-refractivity contribution in [1.82, 2.24) is 0 Å². The van der Waals surface area contributed by atoms with Gasteiger partial charge in [0.2, 0.25) is 5.91 Å². The van der Waals surface area contributed by atoms with Crippen LogP contribution in [0.3, 0.4) is 0 Å². The van der Waals surface area contributed by atoms with Crippen LogP contribution in [0.15, 0.2) is 42.5 Å². The van der Waals surface area contributed by atoms with Crippen LogP contribution in [-0.4, -0.2) is 17.2 Å². The van der Waals surface area contributed by atoms with E-state index < -0.39 is 5.91 Å². The highest BCUT2D eigenvalue weighted by atomic mass is 35.5. The van der Waals surface area contributed by atoms with Crippen LogP contribution in [0.5, 0.6) is 5.75 Å². The second-order valence-electron chi connectivity index (χ2n) is 3.69. The monoisotopic (exact) mass is 294 g/mol. The van der Waals surface area contributed by atoms with Gasteiger partial charge in [0, 0.05) is 11.8 Å². The number of carbonyl (C=O) groups excluding carboxylic acids is 1. The third kappa shape index (κ3) is 4.37. The summed E-state index contributed by atoms with van der Waals surface area (Å²) in [5, 5.41) is 16.3. The topological polar surface area (TPSA) is 87.2 Å². The number of amides is 1. The van der Waals surface area contributed by atoms with Gasteiger partial charge in [0.25, 0.3) is 0 Å². The molecule has 4 nitrogen and oxygen atoms in total. The van der Waals surface area contributed by atoms with Crippen molar-refractivity contribution >= 4 is 23.7 Å². The van der Waals surface area contributed by atoms with Crippen LogP contribution in [0.1, 0.15) is 15.9 Å². The maximum atomic E-state index is 12.2. The molecular formula is C14H12ClFN2O2. The summed E-state index contributed by atoms with van der Waals surface area (Å²) in [6, 6.07) is 9.83. The van der Waals surface area contributed by atoms with Crippen molar-refractivity contribution in [3.8, 4) is 5.75 Å². The van der Waals surface area contributed by atoms with E-state index in [1.54, 1.807) is 12.1 Å². The Morgan fingerprint density at radius 2 is 1.85 bits per heavy atom. The number of aromatic hydroxyl groups is 1. The lowest BCUT2D eigenvalue weighted by atomic mass is 10.2. The summed E-state index contributed by atoms with van der Waals surface area (Å²) in [5.74, 6) is -0.868. The van der Waals surface area contributed by atoms with E-state index in [1.165, 1.54) is 30.3 Å². The Labute approximate surface area is 120 Å². The van der Waals surface area contributed by atoms with E-state index in [9.17, 15) is 9.18 Å². The molecule has 0 aromatic heterocycles. The zero-order chi connectivity index (χ0) is 15.1. The number of hydrogen-bond acceptors (Lipinski definition) is 3. The first-order chi connectivity index (χ1) is 9.45. The van der Waals surface area contributed by atoms with Crippen LogP contribution in [-0.2, 0) is 0 Å². The lowest BCUT2D eigenvalue weighted by molar-refractivity contribution is 0.100. The maximum absolute atomic E-state index is 12.2. The van der Waals surface area contributed by atoms with Crippen molar-refractivity contribution in [3.05, 3.63) is 64.4 Å². The van der Waals surface area contributed by atoms with E-state index in [-0.39, 0.29) is 11.6 Å². The van der Waals surface area contributed by atoms with Gasteiger partial charge in [-0.15, -0.1) is 0 Å². The van der Waals surface area contributed by atoms with Crippen LogP contribution in [0.4, 0.5) is 4.39 Å². The third-order valence-corrected chi connectivity index (χ3v) is 2.63. The highest BCUT2D eigenvalue weighted by Gasteiger charge is 2.00. The fraction of sp³-hybridized carbons (Fsp3) is 0. The number of nitrogens with one attached hydrogen (secondary N) is 1. The Bertz CT molecular complexity index is 595. The lowest BCUT2D eigenvalue weighted by Gasteiger charge is -1.97. The molecule has 6 heteroatoms. The van der Waals surface area contributed by atoms with Gasteiger partial charge in [-0.3, -0.25) is 4.79 Å². The Kier molecular flexibility index (Phi) is 5.68. The Balaban J connectivity index is 0.000000200.